The highest BCUT2D eigenvalue weighted by Gasteiger charge is 2.27. The van der Waals surface area contributed by atoms with Crippen molar-refractivity contribution in [2.24, 2.45) is 0 Å². The van der Waals surface area contributed by atoms with E-state index in [0.29, 0.717) is 11.8 Å². The van der Waals surface area contributed by atoms with E-state index in [0.717, 1.165) is 15.4 Å². The summed E-state index contributed by atoms with van der Waals surface area (Å²) in [5.41, 5.74) is 4.99. The minimum Gasteiger partial charge on any atom is -0.249 e. The fourth-order valence-electron chi connectivity index (χ4n) is 3.77. The average molecular weight is 423 g/mol. The fourth-order valence-corrected chi connectivity index (χ4v) is 6.68. The van der Waals surface area contributed by atoms with Crippen LogP contribution in [0.2, 0.25) is 0 Å². The van der Waals surface area contributed by atoms with E-state index in [-0.39, 0.29) is 0 Å². The average Bonchev–Trinajstić information content (AvgIpc) is 2.71. The lowest BCUT2D eigenvalue weighted by Gasteiger charge is -2.27. The van der Waals surface area contributed by atoms with Crippen molar-refractivity contribution in [2.45, 2.75) is 73.0 Å². The van der Waals surface area contributed by atoms with Crippen LogP contribution in [0.5, 0.6) is 0 Å². The molecule has 29 heavy (non-hydrogen) atoms. The summed E-state index contributed by atoms with van der Waals surface area (Å²) < 4.78 is 13.7. The van der Waals surface area contributed by atoms with Gasteiger partial charge in [0.25, 0.3) is 0 Å². The molecule has 3 aromatic rings. The van der Waals surface area contributed by atoms with Gasteiger partial charge < -0.3 is 0 Å². The van der Waals surface area contributed by atoms with Crippen LogP contribution in [0.25, 0.3) is 0 Å². The highest BCUT2D eigenvalue weighted by atomic mass is 32.2. The summed E-state index contributed by atoms with van der Waals surface area (Å²) >= 11 is 1.83. The van der Waals surface area contributed by atoms with Crippen molar-refractivity contribution in [3.8, 4) is 0 Å². The van der Waals surface area contributed by atoms with E-state index < -0.39 is 10.8 Å². The molecule has 0 aliphatic rings. The van der Waals surface area contributed by atoms with Crippen molar-refractivity contribution in [2.75, 3.05) is 0 Å². The Labute approximate surface area is 182 Å². The second-order valence-corrected chi connectivity index (χ2v) is 10.5. The molecule has 0 radical (unpaired) electrons. The maximum Gasteiger partial charge on any atom is 0.0855 e. The van der Waals surface area contributed by atoms with Gasteiger partial charge in [-0.3, -0.25) is 0 Å². The van der Waals surface area contributed by atoms with Crippen molar-refractivity contribution in [1.29, 1.82) is 0 Å². The third-order valence-electron chi connectivity index (χ3n) is 5.28. The fraction of sp³-hybridized carbons (Fsp3) is 0.308. The van der Waals surface area contributed by atoms with Gasteiger partial charge in [-0.25, -0.2) is 4.21 Å². The molecule has 0 amide bonds. The smallest absolute Gasteiger partial charge is 0.0855 e. The van der Waals surface area contributed by atoms with Gasteiger partial charge in [-0.1, -0.05) is 75.9 Å². The monoisotopic (exact) mass is 422 g/mol. The Kier molecular flexibility index (Phi) is 7.02. The molecule has 0 N–H and O–H groups in total. The zero-order chi connectivity index (χ0) is 21.1. The first-order chi connectivity index (χ1) is 13.8. The first kappa shape index (κ1) is 21.9. The number of hydrogen-bond donors (Lipinski definition) is 0. The molecular weight excluding hydrogens is 392 g/mol. The van der Waals surface area contributed by atoms with E-state index in [1.54, 1.807) is 0 Å². The molecule has 1 unspecified atom stereocenters. The van der Waals surface area contributed by atoms with Crippen LogP contribution < -0.4 is 0 Å². The lowest BCUT2D eigenvalue weighted by Crippen LogP contribution is -2.12. The van der Waals surface area contributed by atoms with Crippen LogP contribution in [-0.4, -0.2) is 4.21 Å². The molecule has 0 heterocycles. The SMILES string of the molecule is Cc1c(C)c(S(=O)c2ccccc2)c(C(C)C)c(C(C)C)c1Sc1ccccc1. The van der Waals surface area contributed by atoms with Crippen molar-refractivity contribution in [1.82, 2.24) is 0 Å². The van der Waals surface area contributed by atoms with Crippen LogP contribution >= 0.6 is 11.8 Å². The minimum absolute atomic E-state index is 0.296. The summed E-state index contributed by atoms with van der Waals surface area (Å²) in [6.45, 7) is 13.3. The second-order valence-electron chi connectivity index (χ2n) is 8.04. The van der Waals surface area contributed by atoms with Gasteiger partial charge in [-0.2, -0.15) is 0 Å². The topological polar surface area (TPSA) is 17.1 Å². The van der Waals surface area contributed by atoms with Crippen molar-refractivity contribution >= 4 is 22.6 Å². The molecule has 0 aliphatic carbocycles. The van der Waals surface area contributed by atoms with Crippen molar-refractivity contribution in [3.63, 3.8) is 0 Å². The Hall–Kier alpha value is -1.84. The predicted octanol–water partition coefficient (Wildman–Crippen LogP) is 7.87. The lowest BCUT2D eigenvalue weighted by atomic mass is 9.87. The molecule has 0 fully saturated rings. The highest BCUT2D eigenvalue weighted by Crippen LogP contribution is 2.45. The molecule has 1 atom stereocenters. The van der Waals surface area contributed by atoms with Crippen LogP contribution in [0, 0.1) is 13.8 Å². The maximum atomic E-state index is 13.7. The molecule has 152 valence electrons. The van der Waals surface area contributed by atoms with Gasteiger partial charge in [0, 0.05) is 14.7 Å². The van der Waals surface area contributed by atoms with Crippen LogP contribution in [0.4, 0.5) is 0 Å². The van der Waals surface area contributed by atoms with Gasteiger partial charge in [0.15, 0.2) is 0 Å². The molecule has 0 bridgehead atoms. The summed E-state index contributed by atoms with van der Waals surface area (Å²) in [5.74, 6) is 0.647. The molecule has 0 saturated heterocycles. The van der Waals surface area contributed by atoms with Gasteiger partial charge in [0.1, 0.15) is 0 Å². The van der Waals surface area contributed by atoms with Gasteiger partial charge in [-0.15, -0.1) is 0 Å². The number of hydrogen-bond acceptors (Lipinski definition) is 2. The Balaban J connectivity index is 2.29. The van der Waals surface area contributed by atoms with E-state index in [2.05, 4.69) is 71.9 Å². The minimum atomic E-state index is -1.19. The first-order valence-corrected chi connectivity index (χ1v) is 12.2. The molecule has 0 saturated carbocycles. The van der Waals surface area contributed by atoms with Gasteiger partial charge in [0.05, 0.1) is 15.7 Å². The lowest BCUT2D eigenvalue weighted by molar-refractivity contribution is 0.676. The molecule has 1 nitrogen and oxygen atoms in total. The van der Waals surface area contributed by atoms with Crippen molar-refractivity contribution in [3.05, 3.63) is 82.9 Å². The van der Waals surface area contributed by atoms with Gasteiger partial charge in [-0.05, 0) is 72.2 Å². The summed E-state index contributed by atoms with van der Waals surface area (Å²) in [4.78, 5) is 4.43. The van der Waals surface area contributed by atoms with Gasteiger partial charge >= 0.3 is 0 Å². The number of rotatable bonds is 6. The third-order valence-corrected chi connectivity index (χ3v) is 8.12. The maximum absolute atomic E-state index is 13.7. The molecule has 0 aromatic heterocycles. The zero-order valence-electron chi connectivity index (χ0n) is 18.2. The summed E-state index contributed by atoms with van der Waals surface area (Å²) in [5, 5.41) is 0. The molecule has 3 rings (SSSR count). The highest BCUT2D eigenvalue weighted by molar-refractivity contribution is 7.99. The summed E-state index contributed by atoms with van der Waals surface area (Å²) in [6, 6.07) is 20.4. The molecule has 3 heteroatoms. The summed E-state index contributed by atoms with van der Waals surface area (Å²) in [7, 11) is -1.19. The largest absolute Gasteiger partial charge is 0.249 e. The van der Waals surface area contributed by atoms with E-state index in [1.807, 2.05) is 42.1 Å². The van der Waals surface area contributed by atoms with Crippen LogP contribution in [0.3, 0.4) is 0 Å². The standard InChI is InChI=1S/C26H30OS2/c1-17(2)23-24(18(3)4)26(29(27)22-15-11-8-12-16-22)20(6)19(5)25(23)28-21-13-9-7-10-14-21/h7-18H,1-6H3. The van der Waals surface area contributed by atoms with Crippen LogP contribution in [-0.2, 0) is 10.8 Å². The third kappa shape index (κ3) is 4.51. The number of benzene rings is 3. The second kappa shape index (κ2) is 9.32. The Morgan fingerprint density at radius 2 is 1.24 bits per heavy atom. The Morgan fingerprint density at radius 3 is 1.76 bits per heavy atom. The van der Waals surface area contributed by atoms with E-state index in [1.165, 1.54) is 26.5 Å². The molecule has 0 spiro atoms. The molecular formula is C26H30OS2. The van der Waals surface area contributed by atoms with Crippen molar-refractivity contribution < 1.29 is 4.21 Å². The zero-order valence-corrected chi connectivity index (χ0v) is 19.8. The molecule has 3 aromatic carbocycles. The normalized spacial score (nSPS) is 12.6. The van der Waals surface area contributed by atoms with E-state index in [4.69, 9.17) is 0 Å². The Morgan fingerprint density at radius 1 is 0.724 bits per heavy atom. The van der Waals surface area contributed by atoms with Crippen LogP contribution in [0.15, 0.2) is 80.2 Å². The molecule has 0 aliphatic heterocycles. The Bertz CT molecular complexity index is 1010. The van der Waals surface area contributed by atoms with E-state index >= 15 is 0 Å². The van der Waals surface area contributed by atoms with Gasteiger partial charge in [0.2, 0.25) is 0 Å². The predicted molar refractivity (Wildman–Crippen MR) is 126 cm³/mol. The first-order valence-electron chi connectivity index (χ1n) is 10.2. The van der Waals surface area contributed by atoms with E-state index in [9.17, 15) is 4.21 Å². The quantitative estimate of drug-likeness (QED) is 0.402. The van der Waals surface area contributed by atoms with Crippen LogP contribution in [0.1, 0.15) is 61.8 Å². The summed E-state index contributed by atoms with van der Waals surface area (Å²) in [6.07, 6.45) is 0.